The highest BCUT2D eigenvalue weighted by molar-refractivity contribution is 5.92. The Balaban J connectivity index is 1.55. The van der Waals surface area contributed by atoms with Gasteiger partial charge in [0.25, 0.3) is 5.91 Å². The maximum absolute atomic E-state index is 12.7. The van der Waals surface area contributed by atoms with Gasteiger partial charge in [-0.2, -0.15) is 10.4 Å². The maximum Gasteiger partial charge on any atom is 0.274 e. The Hall–Kier alpha value is -2.92. The summed E-state index contributed by atoms with van der Waals surface area (Å²) in [5.74, 6) is 0.741. The van der Waals surface area contributed by atoms with Crippen LogP contribution in [0.5, 0.6) is 0 Å². The lowest BCUT2D eigenvalue weighted by Crippen LogP contribution is -2.40. The largest absolute Gasteiger partial charge is 0.378 e. The van der Waals surface area contributed by atoms with E-state index in [1.807, 2.05) is 10.7 Å². The fourth-order valence-electron chi connectivity index (χ4n) is 3.35. The standard InChI is InChI=1S/C18H20N6O2/c19-12-14-2-3-20-17(10-14)23-4-1-5-24-15(13-23)11-16(21-24)18(25)22-6-8-26-9-7-22/h2-3,10-11H,1,4-9,13H2. The van der Waals surface area contributed by atoms with E-state index in [0.29, 0.717) is 44.1 Å². The Kier molecular flexibility index (Phi) is 4.54. The zero-order valence-electron chi connectivity index (χ0n) is 14.5. The molecule has 0 aliphatic carbocycles. The molecule has 0 aromatic carbocycles. The average molecular weight is 352 g/mol. The minimum Gasteiger partial charge on any atom is -0.378 e. The molecule has 0 saturated carbocycles. The van der Waals surface area contributed by atoms with Gasteiger partial charge in [0, 0.05) is 32.4 Å². The van der Waals surface area contributed by atoms with Gasteiger partial charge in [0.15, 0.2) is 5.69 Å². The van der Waals surface area contributed by atoms with Crippen molar-refractivity contribution in [1.82, 2.24) is 19.7 Å². The number of aryl methyl sites for hydroxylation is 1. The summed E-state index contributed by atoms with van der Waals surface area (Å²) < 4.78 is 7.23. The number of aromatic nitrogens is 3. The van der Waals surface area contributed by atoms with Crippen LogP contribution in [0.2, 0.25) is 0 Å². The molecule has 1 amide bonds. The van der Waals surface area contributed by atoms with Gasteiger partial charge >= 0.3 is 0 Å². The smallest absolute Gasteiger partial charge is 0.274 e. The second-order valence-electron chi connectivity index (χ2n) is 6.44. The van der Waals surface area contributed by atoms with Gasteiger partial charge in [-0.25, -0.2) is 4.98 Å². The molecule has 8 nitrogen and oxygen atoms in total. The van der Waals surface area contributed by atoms with Crippen molar-refractivity contribution < 1.29 is 9.53 Å². The molecule has 2 aromatic rings. The molecule has 0 radical (unpaired) electrons. The number of fused-ring (bicyclic) bond motifs is 1. The van der Waals surface area contributed by atoms with Gasteiger partial charge in [-0.15, -0.1) is 0 Å². The molecule has 2 aliphatic heterocycles. The zero-order chi connectivity index (χ0) is 17.9. The van der Waals surface area contributed by atoms with Gasteiger partial charge in [0.2, 0.25) is 0 Å². The summed E-state index contributed by atoms with van der Waals surface area (Å²) in [4.78, 5) is 21.0. The van der Waals surface area contributed by atoms with Crippen molar-refractivity contribution in [3.63, 3.8) is 0 Å². The van der Waals surface area contributed by atoms with Crippen LogP contribution >= 0.6 is 0 Å². The minimum absolute atomic E-state index is 0.0370. The minimum atomic E-state index is -0.0370. The predicted molar refractivity (Wildman–Crippen MR) is 93.6 cm³/mol. The summed E-state index contributed by atoms with van der Waals surface area (Å²) >= 11 is 0. The summed E-state index contributed by atoms with van der Waals surface area (Å²) in [5.41, 5.74) is 2.07. The van der Waals surface area contributed by atoms with Crippen LogP contribution in [0.4, 0.5) is 5.82 Å². The third-order valence-corrected chi connectivity index (χ3v) is 4.73. The van der Waals surface area contributed by atoms with Gasteiger partial charge in [-0.05, 0) is 24.6 Å². The molecule has 2 aliphatic rings. The van der Waals surface area contributed by atoms with Gasteiger partial charge in [0.05, 0.1) is 37.1 Å². The summed E-state index contributed by atoms with van der Waals surface area (Å²) in [6.07, 6.45) is 2.56. The second-order valence-corrected chi connectivity index (χ2v) is 6.44. The number of hydrogen-bond acceptors (Lipinski definition) is 6. The first-order chi connectivity index (χ1) is 12.7. The van der Waals surface area contributed by atoms with Crippen LogP contribution in [0.3, 0.4) is 0 Å². The van der Waals surface area contributed by atoms with E-state index in [-0.39, 0.29) is 5.91 Å². The number of carbonyl (C=O) groups excluding carboxylic acids is 1. The van der Waals surface area contributed by atoms with Gasteiger partial charge in [-0.1, -0.05) is 0 Å². The summed E-state index contributed by atoms with van der Waals surface area (Å²) in [6.45, 7) is 4.58. The molecule has 8 heteroatoms. The molecule has 0 unspecified atom stereocenters. The molecule has 1 fully saturated rings. The number of hydrogen-bond donors (Lipinski definition) is 0. The third kappa shape index (κ3) is 3.26. The summed E-state index contributed by atoms with van der Waals surface area (Å²) in [5, 5.41) is 13.6. The van der Waals surface area contributed by atoms with Crippen molar-refractivity contribution in [3.05, 3.63) is 41.3 Å². The number of rotatable bonds is 2. The first-order valence-corrected chi connectivity index (χ1v) is 8.79. The quantitative estimate of drug-likeness (QED) is 0.802. The van der Waals surface area contributed by atoms with E-state index in [9.17, 15) is 4.79 Å². The molecular formula is C18H20N6O2. The maximum atomic E-state index is 12.7. The van der Waals surface area contributed by atoms with E-state index >= 15 is 0 Å². The first kappa shape index (κ1) is 16.5. The Morgan fingerprint density at radius 1 is 1.19 bits per heavy atom. The van der Waals surface area contributed by atoms with Gasteiger partial charge in [0.1, 0.15) is 5.82 Å². The van der Waals surface area contributed by atoms with Gasteiger partial charge in [-0.3, -0.25) is 9.48 Å². The molecule has 26 heavy (non-hydrogen) atoms. The molecule has 134 valence electrons. The van der Waals surface area contributed by atoms with Crippen LogP contribution < -0.4 is 4.90 Å². The topological polar surface area (TPSA) is 87.3 Å². The van der Waals surface area contributed by atoms with Crippen molar-refractivity contribution in [1.29, 1.82) is 5.26 Å². The number of carbonyl (C=O) groups is 1. The first-order valence-electron chi connectivity index (χ1n) is 8.79. The van der Waals surface area contributed by atoms with E-state index < -0.39 is 0 Å². The van der Waals surface area contributed by atoms with E-state index in [1.165, 1.54) is 0 Å². The second kappa shape index (κ2) is 7.14. The molecule has 0 bridgehead atoms. The molecule has 2 aromatic heterocycles. The number of ether oxygens (including phenoxy) is 1. The van der Waals surface area contributed by atoms with Crippen LogP contribution in [-0.4, -0.2) is 58.4 Å². The van der Waals surface area contributed by atoms with E-state index in [2.05, 4.69) is 21.1 Å². The molecule has 4 heterocycles. The Morgan fingerprint density at radius 3 is 2.85 bits per heavy atom. The van der Waals surface area contributed by atoms with E-state index in [0.717, 1.165) is 31.0 Å². The van der Waals surface area contributed by atoms with E-state index in [1.54, 1.807) is 23.2 Å². The Morgan fingerprint density at radius 2 is 2.04 bits per heavy atom. The molecule has 0 spiro atoms. The zero-order valence-corrected chi connectivity index (χ0v) is 14.5. The van der Waals surface area contributed by atoms with Gasteiger partial charge < -0.3 is 14.5 Å². The van der Waals surface area contributed by atoms with Crippen LogP contribution in [-0.2, 0) is 17.8 Å². The van der Waals surface area contributed by atoms with Crippen molar-refractivity contribution in [3.8, 4) is 6.07 Å². The Labute approximate surface area is 151 Å². The number of pyridine rings is 1. The van der Waals surface area contributed by atoms with Crippen molar-refractivity contribution in [2.75, 3.05) is 37.7 Å². The lowest BCUT2D eigenvalue weighted by Gasteiger charge is -2.26. The lowest BCUT2D eigenvalue weighted by molar-refractivity contribution is 0.0298. The van der Waals surface area contributed by atoms with Crippen LogP contribution in [0.1, 0.15) is 28.2 Å². The summed E-state index contributed by atoms with van der Waals surface area (Å²) in [7, 11) is 0. The van der Waals surface area contributed by atoms with Crippen LogP contribution in [0.15, 0.2) is 24.4 Å². The van der Waals surface area contributed by atoms with Crippen molar-refractivity contribution in [2.24, 2.45) is 0 Å². The highest BCUT2D eigenvalue weighted by Gasteiger charge is 2.24. The third-order valence-electron chi connectivity index (χ3n) is 4.73. The lowest BCUT2D eigenvalue weighted by atomic mass is 10.2. The monoisotopic (exact) mass is 352 g/mol. The van der Waals surface area contributed by atoms with Crippen LogP contribution in [0.25, 0.3) is 0 Å². The predicted octanol–water partition coefficient (Wildman–Crippen LogP) is 1.03. The van der Waals surface area contributed by atoms with Crippen molar-refractivity contribution in [2.45, 2.75) is 19.5 Å². The number of amides is 1. The normalized spacial score (nSPS) is 17.3. The molecule has 1 saturated heterocycles. The highest BCUT2D eigenvalue weighted by atomic mass is 16.5. The Bertz CT molecular complexity index is 850. The number of nitriles is 1. The molecule has 0 N–H and O–H groups in total. The molecule has 4 rings (SSSR count). The average Bonchev–Trinajstić information content (AvgIpc) is 2.99. The molecule has 0 atom stereocenters. The fourth-order valence-corrected chi connectivity index (χ4v) is 3.35. The van der Waals surface area contributed by atoms with Crippen molar-refractivity contribution >= 4 is 11.7 Å². The van der Waals surface area contributed by atoms with E-state index in [4.69, 9.17) is 10.00 Å². The fraction of sp³-hybridized carbons (Fsp3) is 0.444. The number of morpholine rings is 1. The highest BCUT2D eigenvalue weighted by Crippen LogP contribution is 2.21. The molecular weight excluding hydrogens is 332 g/mol. The summed E-state index contributed by atoms with van der Waals surface area (Å²) in [6, 6.07) is 7.53. The SMILES string of the molecule is N#Cc1ccnc(N2CCCn3nc(C(=O)N4CCOCC4)cc3C2)c1. The number of anilines is 1. The number of nitrogens with zero attached hydrogens (tertiary/aromatic N) is 6. The van der Waals surface area contributed by atoms with Crippen LogP contribution in [0, 0.1) is 11.3 Å².